The van der Waals surface area contributed by atoms with Crippen molar-refractivity contribution in [3.8, 4) is 22.5 Å². The van der Waals surface area contributed by atoms with Gasteiger partial charge in [-0.05, 0) is 29.0 Å². The molecule has 0 radical (unpaired) electrons. The first-order valence-corrected chi connectivity index (χ1v) is 11.6. The van der Waals surface area contributed by atoms with E-state index < -0.39 is 42.5 Å². The average Bonchev–Trinajstić information content (AvgIpc) is 3.25. The molecule has 0 amide bonds. The van der Waals surface area contributed by atoms with Crippen LogP contribution in [-0.4, -0.2) is 66.7 Å². The molecule has 0 spiro atoms. The molecule has 0 aliphatic rings. The van der Waals surface area contributed by atoms with Crippen LogP contribution in [0.4, 0.5) is 5.82 Å². The van der Waals surface area contributed by atoms with Gasteiger partial charge in [0.1, 0.15) is 15.6 Å². The average molecular weight is 470 g/mol. The van der Waals surface area contributed by atoms with Crippen molar-refractivity contribution in [2.75, 3.05) is 18.9 Å². The number of hydrogen-bond acceptors (Lipinski definition) is 11. The SMILES string of the molecule is Nc1ccc(-c2ccc(S(=O)(=O)NCC(N)CO)c(S(N)(=O)=O)c2-c2nn[nH]n2)cn1. The van der Waals surface area contributed by atoms with Gasteiger partial charge in [-0.25, -0.2) is 31.7 Å². The number of nitrogen functional groups attached to an aromatic ring is 1. The van der Waals surface area contributed by atoms with Gasteiger partial charge in [-0.2, -0.15) is 5.21 Å². The molecule has 31 heavy (non-hydrogen) atoms. The summed E-state index contributed by atoms with van der Waals surface area (Å²) < 4.78 is 53.0. The van der Waals surface area contributed by atoms with Crippen molar-refractivity contribution in [3.05, 3.63) is 30.5 Å². The molecule has 1 aromatic carbocycles. The molecule has 0 saturated carbocycles. The van der Waals surface area contributed by atoms with Crippen molar-refractivity contribution in [2.24, 2.45) is 10.9 Å². The number of pyridine rings is 1. The molecule has 3 rings (SSSR count). The summed E-state index contributed by atoms with van der Waals surface area (Å²) >= 11 is 0. The van der Waals surface area contributed by atoms with Gasteiger partial charge in [0.15, 0.2) is 0 Å². The third-order valence-electron chi connectivity index (χ3n) is 4.13. The van der Waals surface area contributed by atoms with Gasteiger partial charge in [-0.1, -0.05) is 6.07 Å². The Kier molecular flexibility index (Phi) is 6.30. The van der Waals surface area contributed by atoms with Crippen LogP contribution in [0.25, 0.3) is 22.5 Å². The minimum atomic E-state index is -4.62. The van der Waals surface area contributed by atoms with Crippen molar-refractivity contribution >= 4 is 25.9 Å². The molecule has 166 valence electrons. The van der Waals surface area contributed by atoms with Crippen LogP contribution in [0.1, 0.15) is 0 Å². The van der Waals surface area contributed by atoms with E-state index in [0.29, 0.717) is 5.56 Å². The van der Waals surface area contributed by atoms with Crippen LogP contribution < -0.4 is 21.3 Å². The van der Waals surface area contributed by atoms with Gasteiger partial charge in [-0.15, -0.1) is 10.2 Å². The van der Waals surface area contributed by atoms with E-state index in [2.05, 4.69) is 30.3 Å². The number of aliphatic hydroxyl groups is 1. The van der Waals surface area contributed by atoms with Gasteiger partial charge in [0.05, 0.1) is 12.2 Å². The number of anilines is 1. The van der Waals surface area contributed by atoms with Gasteiger partial charge >= 0.3 is 0 Å². The maximum absolute atomic E-state index is 12.9. The summed E-state index contributed by atoms with van der Waals surface area (Å²) in [6.07, 6.45) is 1.37. The zero-order chi connectivity index (χ0) is 22.8. The number of H-pyrrole nitrogens is 1. The number of tetrazole rings is 1. The Labute approximate surface area is 177 Å². The Morgan fingerprint density at radius 1 is 1.16 bits per heavy atom. The number of aromatic nitrogens is 5. The Morgan fingerprint density at radius 3 is 2.45 bits per heavy atom. The first-order valence-electron chi connectivity index (χ1n) is 8.56. The third-order valence-corrected chi connectivity index (χ3v) is 6.72. The van der Waals surface area contributed by atoms with E-state index in [4.69, 9.17) is 21.7 Å². The Hall–Kier alpha value is -3.02. The van der Waals surface area contributed by atoms with Gasteiger partial charge in [0.25, 0.3) is 0 Å². The summed E-state index contributed by atoms with van der Waals surface area (Å²) in [5.74, 6) is 0.0140. The van der Waals surface area contributed by atoms with Crippen molar-refractivity contribution < 1.29 is 21.9 Å². The number of nitrogens with one attached hydrogen (secondary N) is 2. The van der Waals surface area contributed by atoms with Gasteiger partial charge in [0, 0.05) is 24.3 Å². The van der Waals surface area contributed by atoms with Crippen LogP contribution >= 0.6 is 0 Å². The van der Waals surface area contributed by atoms with Crippen LogP contribution in [0.15, 0.2) is 40.3 Å². The predicted octanol–water partition coefficient (Wildman–Crippen LogP) is -2.24. The zero-order valence-corrected chi connectivity index (χ0v) is 17.4. The standard InChI is InChI=1S/C15H19N9O5S2/c16-9(7-25)6-20-31(28,29)11-3-2-10(8-1-4-12(17)19-5-8)13(14(11)30(18,26)27)15-21-23-24-22-15/h1-5,9,20,25H,6-7,16H2,(H2,17,19)(H2,18,26,27)(H,21,22,23,24). The maximum atomic E-state index is 12.9. The van der Waals surface area contributed by atoms with E-state index in [-0.39, 0.29) is 29.3 Å². The first-order chi connectivity index (χ1) is 14.5. The quantitative estimate of drug-likeness (QED) is 0.206. The predicted molar refractivity (Wildman–Crippen MR) is 109 cm³/mol. The second kappa shape index (κ2) is 8.61. The lowest BCUT2D eigenvalue weighted by Gasteiger charge is -2.17. The number of sulfonamides is 2. The molecule has 0 aliphatic heterocycles. The fourth-order valence-corrected chi connectivity index (χ4v) is 5.41. The molecule has 0 saturated heterocycles. The molecule has 2 aromatic heterocycles. The number of benzene rings is 1. The Bertz CT molecular complexity index is 1280. The van der Waals surface area contributed by atoms with Crippen LogP contribution in [-0.2, 0) is 20.0 Å². The molecule has 16 heteroatoms. The monoisotopic (exact) mass is 469 g/mol. The van der Waals surface area contributed by atoms with E-state index in [1.165, 1.54) is 18.3 Å². The fraction of sp³-hybridized carbons (Fsp3) is 0.200. The summed E-state index contributed by atoms with van der Waals surface area (Å²) in [4.78, 5) is 2.58. The summed E-state index contributed by atoms with van der Waals surface area (Å²) in [6, 6.07) is 4.56. The number of primary sulfonamides is 1. The number of nitrogens with zero attached hydrogens (tertiary/aromatic N) is 4. The first kappa shape index (κ1) is 22.7. The highest BCUT2D eigenvalue weighted by molar-refractivity contribution is 7.92. The molecule has 0 bridgehead atoms. The van der Waals surface area contributed by atoms with Crippen molar-refractivity contribution in [1.82, 2.24) is 30.3 Å². The van der Waals surface area contributed by atoms with Crippen molar-refractivity contribution in [1.29, 1.82) is 0 Å². The molecule has 1 atom stereocenters. The van der Waals surface area contributed by atoms with E-state index in [1.807, 2.05) is 0 Å². The number of hydrogen-bond donors (Lipinski definition) is 6. The molecule has 1 unspecified atom stereocenters. The van der Waals surface area contributed by atoms with E-state index >= 15 is 0 Å². The van der Waals surface area contributed by atoms with Crippen LogP contribution in [0.5, 0.6) is 0 Å². The molecule has 0 aliphatic carbocycles. The number of aliphatic hydroxyl groups excluding tert-OH is 1. The topological polar surface area (TPSA) is 246 Å². The number of rotatable bonds is 8. The summed E-state index contributed by atoms with van der Waals surface area (Å²) in [7, 11) is -9.04. The minimum absolute atomic E-state index is 0.197. The van der Waals surface area contributed by atoms with Gasteiger partial charge < -0.3 is 16.6 Å². The number of nitrogens with two attached hydrogens (primary N) is 3. The van der Waals surface area contributed by atoms with Crippen LogP contribution in [0.3, 0.4) is 0 Å². The molecular weight excluding hydrogens is 450 g/mol. The fourth-order valence-electron chi connectivity index (χ4n) is 2.71. The Balaban J connectivity index is 2.33. The zero-order valence-electron chi connectivity index (χ0n) is 15.8. The lowest BCUT2D eigenvalue weighted by atomic mass is 10.0. The Morgan fingerprint density at radius 2 is 1.90 bits per heavy atom. The van der Waals surface area contributed by atoms with Gasteiger partial charge in [0.2, 0.25) is 25.9 Å². The molecule has 14 nitrogen and oxygen atoms in total. The van der Waals surface area contributed by atoms with Crippen LogP contribution in [0, 0.1) is 0 Å². The maximum Gasteiger partial charge on any atom is 0.242 e. The summed E-state index contributed by atoms with van der Waals surface area (Å²) in [5.41, 5.74) is 11.6. The van der Waals surface area contributed by atoms with E-state index in [0.717, 1.165) is 6.07 Å². The van der Waals surface area contributed by atoms with Crippen molar-refractivity contribution in [2.45, 2.75) is 15.8 Å². The van der Waals surface area contributed by atoms with Crippen molar-refractivity contribution in [3.63, 3.8) is 0 Å². The highest BCUT2D eigenvalue weighted by Gasteiger charge is 2.32. The minimum Gasteiger partial charge on any atom is -0.395 e. The van der Waals surface area contributed by atoms with Gasteiger partial charge in [-0.3, -0.25) is 0 Å². The second-order valence-electron chi connectivity index (χ2n) is 6.36. The lowest BCUT2D eigenvalue weighted by Crippen LogP contribution is -2.39. The summed E-state index contributed by atoms with van der Waals surface area (Å²) in [5, 5.41) is 27.6. The molecule has 2 heterocycles. The van der Waals surface area contributed by atoms with Crippen LogP contribution in [0.2, 0.25) is 0 Å². The highest BCUT2D eigenvalue weighted by Crippen LogP contribution is 2.38. The number of aromatic amines is 1. The smallest absolute Gasteiger partial charge is 0.242 e. The second-order valence-corrected chi connectivity index (χ2v) is 9.60. The molecule has 3 aromatic rings. The third kappa shape index (κ3) is 4.84. The normalized spacial score (nSPS) is 13.3. The molecule has 9 N–H and O–H groups in total. The van der Waals surface area contributed by atoms with E-state index in [9.17, 15) is 16.8 Å². The summed E-state index contributed by atoms with van der Waals surface area (Å²) in [6.45, 7) is -0.828. The largest absolute Gasteiger partial charge is 0.395 e. The lowest BCUT2D eigenvalue weighted by molar-refractivity contribution is 0.266. The van der Waals surface area contributed by atoms with E-state index in [1.54, 1.807) is 6.07 Å². The highest BCUT2D eigenvalue weighted by atomic mass is 32.2. The molecule has 0 fully saturated rings. The molecular formula is C15H19N9O5S2.